The van der Waals surface area contributed by atoms with Gasteiger partial charge in [0.2, 0.25) is 15.9 Å². The van der Waals surface area contributed by atoms with E-state index in [1.807, 2.05) is 49.4 Å². The molecule has 7 heteroatoms. The summed E-state index contributed by atoms with van der Waals surface area (Å²) < 4.78 is 31.6. The quantitative estimate of drug-likeness (QED) is 0.567. The summed E-state index contributed by atoms with van der Waals surface area (Å²) in [6, 6.07) is 22.9. The van der Waals surface area contributed by atoms with Crippen LogP contribution in [0, 0.1) is 6.92 Å². The summed E-state index contributed by atoms with van der Waals surface area (Å²) in [5.41, 5.74) is 3.07. The van der Waals surface area contributed by atoms with Crippen LogP contribution in [0.5, 0.6) is 5.75 Å². The highest BCUT2D eigenvalue weighted by atomic mass is 32.2. The zero-order chi connectivity index (χ0) is 22.4. The molecule has 162 valence electrons. The number of sulfonamides is 1. The smallest absolute Gasteiger partial charge is 0.247 e. The highest BCUT2D eigenvalue weighted by Gasteiger charge is 2.29. The summed E-state index contributed by atoms with van der Waals surface area (Å²) in [4.78, 5) is 12.8. The number of anilines is 2. The molecule has 3 aromatic rings. The first-order valence-electron chi connectivity index (χ1n) is 9.88. The predicted molar refractivity (Wildman–Crippen MR) is 124 cm³/mol. The lowest BCUT2D eigenvalue weighted by molar-refractivity contribution is -0.116. The van der Waals surface area contributed by atoms with Crippen molar-refractivity contribution in [1.29, 1.82) is 0 Å². The number of hydrogen-bond acceptors (Lipinski definition) is 4. The Morgan fingerprint density at radius 3 is 2.16 bits per heavy atom. The van der Waals surface area contributed by atoms with Crippen LogP contribution in [0.1, 0.15) is 18.1 Å². The second-order valence-electron chi connectivity index (χ2n) is 7.36. The van der Waals surface area contributed by atoms with Gasteiger partial charge in [-0.25, -0.2) is 8.42 Å². The first-order chi connectivity index (χ1) is 14.7. The van der Waals surface area contributed by atoms with Crippen LogP contribution >= 0.6 is 0 Å². The number of amides is 1. The lowest BCUT2D eigenvalue weighted by Crippen LogP contribution is -2.45. The SMILES string of the molecule is Cc1ccc(N(C(C)C(=O)Nc2ccc(OCc3ccccc3)cc2)S(C)(=O)=O)cc1. The van der Waals surface area contributed by atoms with Gasteiger partial charge in [0.25, 0.3) is 0 Å². The molecule has 0 spiro atoms. The van der Waals surface area contributed by atoms with Crippen molar-refractivity contribution in [1.82, 2.24) is 0 Å². The molecule has 3 aromatic carbocycles. The van der Waals surface area contributed by atoms with E-state index >= 15 is 0 Å². The van der Waals surface area contributed by atoms with E-state index in [-0.39, 0.29) is 0 Å². The number of nitrogens with one attached hydrogen (secondary N) is 1. The van der Waals surface area contributed by atoms with Crippen LogP contribution in [0.3, 0.4) is 0 Å². The van der Waals surface area contributed by atoms with Gasteiger partial charge in [-0.1, -0.05) is 48.0 Å². The van der Waals surface area contributed by atoms with Crippen LogP contribution in [0.4, 0.5) is 11.4 Å². The Labute approximate surface area is 183 Å². The van der Waals surface area contributed by atoms with Crippen LogP contribution in [-0.4, -0.2) is 26.6 Å². The minimum absolute atomic E-state index is 0.427. The monoisotopic (exact) mass is 438 g/mol. The molecule has 6 nitrogen and oxygen atoms in total. The number of aryl methyl sites for hydroxylation is 1. The molecule has 0 aliphatic carbocycles. The summed E-state index contributed by atoms with van der Waals surface area (Å²) in [6.45, 7) is 3.93. The molecule has 1 N–H and O–H groups in total. The van der Waals surface area contributed by atoms with Crippen molar-refractivity contribution in [2.75, 3.05) is 15.9 Å². The van der Waals surface area contributed by atoms with E-state index in [0.717, 1.165) is 21.7 Å². The van der Waals surface area contributed by atoms with Gasteiger partial charge >= 0.3 is 0 Å². The largest absolute Gasteiger partial charge is 0.489 e. The average Bonchev–Trinajstić information content (AvgIpc) is 2.74. The van der Waals surface area contributed by atoms with Gasteiger partial charge in [0.05, 0.1) is 11.9 Å². The fraction of sp³-hybridized carbons (Fsp3) is 0.208. The molecule has 31 heavy (non-hydrogen) atoms. The summed E-state index contributed by atoms with van der Waals surface area (Å²) in [5, 5.41) is 2.78. The van der Waals surface area contributed by atoms with Gasteiger partial charge in [-0.2, -0.15) is 0 Å². The van der Waals surface area contributed by atoms with Gasteiger partial charge in [-0.15, -0.1) is 0 Å². The maximum absolute atomic E-state index is 12.8. The van der Waals surface area contributed by atoms with Crippen LogP contribution < -0.4 is 14.4 Å². The molecule has 0 aliphatic rings. The molecular weight excluding hydrogens is 412 g/mol. The van der Waals surface area contributed by atoms with E-state index in [2.05, 4.69) is 5.32 Å². The van der Waals surface area contributed by atoms with Gasteiger partial charge in [0.1, 0.15) is 18.4 Å². The maximum atomic E-state index is 12.8. The van der Waals surface area contributed by atoms with Gasteiger partial charge in [0.15, 0.2) is 0 Å². The molecule has 1 unspecified atom stereocenters. The van der Waals surface area contributed by atoms with Crippen molar-refractivity contribution >= 4 is 27.3 Å². The van der Waals surface area contributed by atoms with E-state index in [1.165, 1.54) is 0 Å². The Hall–Kier alpha value is -3.32. The highest BCUT2D eigenvalue weighted by Crippen LogP contribution is 2.23. The minimum Gasteiger partial charge on any atom is -0.489 e. The number of ether oxygens (including phenoxy) is 1. The van der Waals surface area contributed by atoms with E-state index in [4.69, 9.17) is 4.74 Å². The number of nitrogens with zero attached hydrogens (tertiary/aromatic N) is 1. The predicted octanol–water partition coefficient (Wildman–Crippen LogP) is 4.37. The standard InChI is InChI=1S/C24H26N2O4S/c1-18-9-13-22(14-10-18)26(31(3,28)29)19(2)24(27)25-21-11-15-23(16-12-21)30-17-20-7-5-4-6-8-20/h4-16,19H,17H2,1-3H3,(H,25,27). The molecule has 1 atom stereocenters. The van der Waals surface area contributed by atoms with E-state index in [9.17, 15) is 13.2 Å². The third-order valence-corrected chi connectivity index (χ3v) is 5.99. The molecular formula is C24H26N2O4S. The van der Waals surface area contributed by atoms with E-state index in [1.54, 1.807) is 43.3 Å². The van der Waals surface area contributed by atoms with Gasteiger partial charge < -0.3 is 10.1 Å². The van der Waals surface area contributed by atoms with Crippen molar-refractivity contribution in [2.45, 2.75) is 26.5 Å². The lowest BCUT2D eigenvalue weighted by atomic mass is 10.2. The molecule has 0 saturated carbocycles. The van der Waals surface area contributed by atoms with Crippen LogP contribution in [0.25, 0.3) is 0 Å². The third-order valence-electron chi connectivity index (χ3n) is 4.75. The summed E-state index contributed by atoms with van der Waals surface area (Å²) in [5.74, 6) is 0.247. The van der Waals surface area contributed by atoms with Crippen molar-refractivity contribution in [3.63, 3.8) is 0 Å². The van der Waals surface area contributed by atoms with E-state index in [0.29, 0.717) is 23.7 Å². The molecule has 0 bridgehead atoms. The van der Waals surface area contributed by atoms with Gasteiger partial charge in [-0.05, 0) is 55.8 Å². The number of carbonyl (C=O) groups is 1. The first-order valence-corrected chi connectivity index (χ1v) is 11.7. The second-order valence-corrected chi connectivity index (χ2v) is 9.22. The molecule has 3 rings (SSSR count). The Balaban J connectivity index is 1.67. The topological polar surface area (TPSA) is 75.7 Å². The Bertz CT molecular complexity index is 1110. The fourth-order valence-electron chi connectivity index (χ4n) is 3.12. The summed E-state index contributed by atoms with van der Waals surface area (Å²) in [7, 11) is -3.66. The van der Waals surface area contributed by atoms with Gasteiger partial charge in [-0.3, -0.25) is 9.10 Å². The van der Waals surface area contributed by atoms with E-state index < -0.39 is 22.0 Å². The third kappa shape index (κ3) is 6.08. The zero-order valence-corrected chi connectivity index (χ0v) is 18.6. The zero-order valence-electron chi connectivity index (χ0n) is 17.8. The van der Waals surface area contributed by atoms with Gasteiger partial charge in [0, 0.05) is 5.69 Å². The highest BCUT2D eigenvalue weighted by molar-refractivity contribution is 7.92. The number of carbonyl (C=O) groups excluding carboxylic acids is 1. The summed E-state index contributed by atoms with van der Waals surface area (Å²) in [6.07, 6.45) is 1.09. The lowest BCUT2D eigenvalue weighted by Gasteiger charge is -2.28. The molecule has 0 radical (unpaired) electrons. The van der Waals surface area contributed by atoms with Crippen LogP contribution in [-0.2, 0) is 21.4 Å². The molecule has 0 saturated heterocycles. The number of rotatable bonds is 8. The number of benzene rings is 3. The fourth-order valence-corrected chi connectivity index (χ4v) is 4.30. The Morgan fingerprint density at radius 2 is 1.58 bits per heavy atom. The van der Waals surface area contributed by atoms with Crippen molar-refractivity contribution < 1.29 is 17.9 Å². The average molecular weight is 439 g/mol. The van der Waals surface area contributed by atoms with Crippen molar-refractivity contribution in [2.24, 2.45) is 0 Å². The first kappa shape index (κ1) is 22.4. The minimum atomic E-state index is -3.66. The molecule has 0 aromatic heterocycles. The number of hydrogen-bond donors (Lipinski definition) is 1. The molecule has 0 heterocycles. The van der Waals surface area contributed by atoms with Crippen molar-refractivity contribution in [3.8, 4) is 5.75 Å². The summed E-state index contributed by atoms with van der Waals surface area (Å²) >= 11 is 0. The molecule has 0 aliphatic heterocycles. The van der Waals surface area contributed by atoms with Crippen LogP contribution in [0.2, 0.25) is 0 Å². The second kappa shape index (κ2) is 9.66. The maximum Gasteiger partial charge on any atom is 0.247 e. The molecule has 1 amide bonds. The van der Waals surface area contributed by atoms with Crippen molar-refractivity contribution in [3.05, 3.63) is 90.0 Å². The van der Waals surface area contributed by atoms with Crippen LogP contribution in [0.15, 0.2) is 78.9 Å². The Kier molecular flexibility index (Phi) is 6.97. The normalized spacial score (nSPS) is 12.1. The Morgan fingerprint density at radius 1 is 0.968 bits per heavy atom. The molecule has 0 fully saturated rings.